The van der Waals surface area contributed by atoms with E-state index in [0.717, 1.165) is 32.0 Å². The molecule has 1 heterocycles. The molecule has 80 valence electrons. The first-order chi connectivity index (χ1) is 6.68. The number of piperazine rings is 1. The second-order valence-corrected chi connectivity index (χ2v) is 4.78. The fraction of sp³-hybridized carbons (Fsp3) is 0.909. The Morgan fingerprint density at radius 2 is 1.71 bits per heavy atom. The van der Waals surface area contributed by atoms with E-state index in [1.807, 2.05) is 0 Å². The molecule has 0 aromatic rings. The fourth-order valence-corrected chi connectivity index (χ4v) is 2.09. The molecular weight excluding hydrogens is 174 g/mol. The second-order valence-electron chi connectivity index (χ2n) is 4.78. The third-order valence-corrected chi connectivity index (χ3v) is 3.35. The number of nitrogens with zero attached hydrogens (tertiary/aromatic N) is 2. The summed E-state index contributed by atoms with van der Waals surface area (Å²) in [5.41, 5.74) is 0. The standard InChI is InChI=1S/C11H21N3/c1-9(2)13-5-7-14(8-6-13)11(12)10-3-4-10/h9-10,12H,3-8H2,1-2H3. The molecule has 1 saturated carbocycles. The highest BCUT2D eigenvalue weighted by molar-refractivity contribution is 5.83. The van der Waals surface area contributed by atoms with Crippen molar-refractivity contribution in [3.8, 4) is 0 Å². The summed E-state index contributed by atoms with van der Waals surface area (Å²) in [5.74, 6) is 1.52. The van der Waals surface area contributed by atoms with Crippen LogP contribution in [0, 0.1) is 11.3 Å². The smallest absolute Gasteiger partial charge is 0.0990 e. The van der Waals surface area contributed by atoms with Crippen LogP contribution in [0.15, 0.2) is 0 Å². The van der Waals surface area contributed by atoms with Crippen molar-refractivity contribution >= 4 is 5.84 Å². The van der Waals surface area contributed by atoms with E-state index in [4.69, 9.17) is 5.41 Å². The van der Waals surface area contributed by atoms with Crippen molar-refractivity contribution in [1.29, 1.82) is 5.41 Å². The molecule has 1 aliphatic heterocycles. The molecule has 0 atom stereocenters. The molecule has 1 saturated heterocycles. The van der Waals surface area contributed by atoms with Crippen LogP contribution in [-0.2, 0) is 0 Å². The van der Waals surface area contributed by atoms with Gasteiger partial charge in [0.1, 0.15) is 0 Å². The van der Waals surface area contributed by atoms with E-state index in [1.165, 1.54) is 12.8 Å². The lowest BCUT2D eigenvalue weighted by molar-refractivity contribution is 0.146. The maximum absolute atomic E-state index is 7.98. The van der Waals surface area contributed by atoms with E-state index >= 15 is 0 Å². The lowest BCUT2D eigenvalue weighted by Gasteiger charge is -2.38. The highest BCUT2D eigenvalue weighted by Crippen LogP contribution is 2.31. The average molecular weight is 195 g/mol. The quantitative estimate of drug-likeness (QED) is 0.533. The molecule has 2 rings (SSSR count). The maximum atomic E-state index is 7.98. The molecular formula is C11H21N3. The van der Waals surface area contributed by atoms with Gasteiger partial charge in [0.15, 0.2) is 0 Å². The third kappa shape index (κ3) is 2.08. The average Bonchev–Trinajstić information content (AvgIpc) is 3.00. The molecule has 2 fully saturated rings. The van der Waals surface area contributed by atoms with Crippen LogP contribution in [-0.4, -0.2) is 47.9 Å². The van der Waals surface area contributed by atoms with Crippen molar-refractivity contribution in [1.82, 2.24) is 9.80 Å². The lowest BCUT2D eigenvalue weighted by Crippen LogP contribution is -2.50. The Hall–Kier alpha value is -0.570. The van der Waals surface area contributed by atoms with Crippen LogP contribution >= 0.6 is 0 Å². The van der Waals surface area contributed by atoms with Crippen LogP contribution in [0.1, 0.15) is 26.7 Å². The zero-order valence-corrected chi connectivity index (χ0v) is 9.29. The van der Waals surface area contributed by atoms with Crippen molar-refractivity contribution in [2.45, 2.75) is 32.7 Å². The topological polar surface area (TPSA) is 30.3 Å². The van der Waals surface area contributed by atoms with E-state index in [0.29, 0.717) is 12.0 Å². The van der Waals surface area contributed by atoms with Crippen molar-refractivity contribution in [3.05, 3.63) is 0 Å². The van der Waals surface area contributed by atoms with Crippen molar-refractivity contribution in [3.63, 3.8) is 0 Å². The molecule has 0 aromatic carbocycles. The van der Waals surface area contributed by atoms with Crippen LogP contribution in [0.3, 0.4) is 0 Å². The summed E-state index contributed by atoms with van der Waals surface area (Å²) >= 11 is 0. The van der Waals surface area contributed by atoms with E-state index in [2.05, 4.69) is 23.6 Å². The van der Waals surface area contributed by atoms with Gasteiger partial charge in [-0.15, -0.1) is 0 Å². The van der Waals surface area contributed by atoms with Crippen LogP contribution in [0.25, 0.3) is 0 Å². The number of hydrogen-bond acceptors (Lipinski definition) is 2. The maximum Gasteiger partial charge on any atom is 0.0990 e. The van der Waals surface area contributed by atoms with E-state index < -0.39 is 0 Å². The minimum Gasteiger partial charge on any atom is -0.358 e. The Labute approximate surface area is 86.6 Å². The van der Waals surface area contributed by atoms with Gasteiger partial charge < -0.3 is 4.90 Å². The van der Waals surface area contributed by atoms with Crippen LogP contribution in [0.5, 0.6) is 0 Å². The molecule has 14 heavy (non-hydrogen) atoms. The van der Waals surface area contributed by atoms with Crippen LogP contribution in [0.4, 0.5) is 0 Å². The van der Waals surface area contributed by atoms with Crippen LogP contribution < -0.4 is 0 Å². The predicted octanol–water partition coefficient (Wildman–Crippen LogP) is 1.40. The van der Waals surface area contributed by atoms with Gasteiger partial charge in [0, 0.05) is 38.1 Å². The van der Waals surface area contributed by atoms with Gasteiger partial charge >= 0.3 is 0 Å². The first kappa shape index (κ1) is 9.97. The van der Waals surface area contributed by atoms with Crippen molar-refractivity contribution < 1.29 is 0 Å². The molecule has 0 bridgehead atoms. The number of hydrogen-bond donors (Lipinski definition) is 1. The van der Waals surface area contributed by atoms with Gasteiger partial charge in [-0.25, -0.2) is 0 Å². The van der Waals surface area contributed by atoms with E-state index in [1.54, 1.807) is 0 Å². The first-order valence-electron chi connectivity index (χ1n) is 5.76. The van der Waals surface area contributed by atoms with E-state index in [-0.39, 0.29) is 0 Å². The first-order valence-corrected chi connectivity index (χ1v) is 5.76. The Bertz CT molecular complexity index is 213. The predicted molar refractivity (Wildman–Crippen MR) is 58.7 cm³/mol. The van der Waals surface area contributed by atoms with E-state index in [9.17, 15) is 0 Å². The molecule has 3 heteroatoms. The minimum absolute atomic E-state index is 0.612. The summed E-state index contributed by atoms with van der Waals surface area (Å²) in [6.45, 7) is 8.89. The molecule has 3 nitrogen and oxygen atoms in total. The fourth-order valence-electron chi connectivity index (χ4n) is 2.09. The normalized spacial score (nSPS) is 24.4. The zero-order valence-electron chi connectivity index (χ0n) is 9.29. The molecule has 1 aliphatic carbocycles. The molecule has 1 N–H and O–H groups in total. The third-order valence-electron chi connectivity index (χ3n) is 3.35. The van der Waals surface area contributed by atoms with Gasteiger partial charge in [-0.2, -0.15) is 0 Å². The summed E-state index contributed by atoms with van der Waals surface area (Å²) in [6.07, 6.45) is 2.51. The van der Waals surface area contributed by atoms with Crippen molar-refractivity contribution in [2.75, 3.05) is 26.2 Å². The Balaban J connectivity index is 1.80. The van der Waals surface area contributed by atoms with Crippen molar-refractivity contribution in [2.24, 2.45) is 5.92 Å². The summed E-state index contributed by atoms with van der Waals surface area (Å²) < 4.78 is 0. The summed E-state index contributed by atoms with van der Waals surface area (Å²) in [7, 11) is 0. The van der Waals surface area contributed by atoms with Gasteiger partial charge in [-0.3, -0.25) is 10.3 Å². The van der Waals surface area contributed by atoms with Gasteiger partial charge in [-0.05, 0) is 26.7 Å². The largest absolute Gasteiger partial charge is 0.358 e. The zero-order chi connectivity index (χ0) is 10.1. The molecule has 0 aromatic heterocycles. The molecule has 2 aliphatic rings. The monoisotopic (exact) mass is 195 g/mol. The summed E-state index contributed by atoms with van der Waals surface area (Å²) in [6, 6.07) is 0.659. The second kappa shape index (κ2) is 3.89. The molecule has 0 unspecified atom stereocenters. The highest BCUT2D eigenvalue weighted by atomic mass is 15.3. The summed E-state index contributed by atoms with van der Waals surface area (Å²) in [4.78, 5) is 4.77. The van der Waals surface area contributed by atoms with Gasteiger partial charge in [0.25, 0.3) is 0 Å². The van der Waals surface area contributed by atoms with Gasteiger partial charge in [-0.1, -0.05) is 0 Å². The SMILES string of the molecule is CC(C)N1CCN(C(=N)C2CC2)CC1. The van der Waals surface area contributed by atoms with Crippen LogP contribution in [0.2, 0.25) is 0 Å². The summed E-state index contributed by atoms with van der Waals surface area (Å²) in [5, 5.41) is 7.98. The molecule has 0 amide bonds. The van der Waals surface area contributed by atoms with Gasteiger partial charge in [0.05, 0.1) is 5.84 Å². The minimum atomic E-state index is 0.612. The molecule has 0 spiro atoms. The lowest BCUT2D eigenvalue weighted by atomic mass is 10.2. The Morgan fingerprint density at radius 3 is 2.14 bits per heavy atom. The number of rotatable bonds is 2. The highest BCUT2D eigenvalue weighted by Gasteiger charge is 2.31. The number of nitrogens with one attached hydrogen (secondary N) is 1. The number of amidine groups is 1. The van der Waals surface area contributed by atoms with Gasteiger partial charge in [0.2, 0.25) is 0 Å². The Morgan fingerprint density at radius 1 is 1.14 bits per heavy atom. The molecule has 0 radical (unpaired) electrons. The Kier molecular flexibility index (Phi) is 2.77.